The molecule has 2 N–H and O–H groups in total. The fourth-order valence-electron chi connectivity index (χ4n) is 5.18. The van der Waals surface area contributed by atoms with E-state index in [0.717, 1.165) is 31.4 Å². The number of amides is 1. The Morgan fingerprint density at radius 2 is 1.71 bits per heavy atom. The second kappa shape index (κ2) is 12.0. The van der Waals surface area contributed by atoms with E-state index in [1.807, 2.05) is 73.9 Å². The van der Waals surface area contributed by atoms with Gasteiger partial charge >= 0.3 is 6.09 Å². The highest BCUT2D eigenvalue weighted by Gasteiger charge is 2.28. The average molecular weight is 558 g/mol. The van der Waals surface area contributed by atoms with Crippen molar-refractivity contribution in [2.75, 3.05) is 29.9 Å². The van der Waals surface area contributed by atoms with E-state index in [-0.39, 0.29) is 11.6 Å². The lowest BCUT2D eigenvalue weighted by molar-refractivity contribution is 0.0499. The summed E-state index contributed by atoms with van der Waals surface area (Å²) in [5.41, 5.74) is 2.40. The largest absolute Gasteiger partial charge is 0.444 e. The molecular formula is C31H39N7O3. The fraction of sp³-hybridized carbons (Fsp3) is 0.419. The molecule has 1 aliphatic heterocycles. The standard InChI is InChI=1S/C31H39N7O3/c1-31(2,3)41-30(40)33-24-16-11-19-37(21-24)29-35-26-25(38(29)20-23-14-9-6-10-15-23)27(39)36(4)28(34-26)32-18-17-22-12-7-5-8-13-22/h5-10,12-15,24H,11,16-21H2,1-4H3,(H,32,34)(H,33,40). The molecule has 1 saturated heterocycles. The first-order chi connectivity index (χ1) is 19.7. The van der Waals surface area contributed by atoms with Gasteiger partial charge < -0.3 is 20.3 Å². The van der Waals surface area contributed by atoms with Crippen LogP contribution >= 0.6 is 0 Å². The predicted octanol–water partition coefficient (Wildman–Crippen LogP) is 4.33. The summed E-state index contributed by atoms with van der Waals surface area (Å²) >= 11 is 0. The van der Waals surface area contributed by atoms with E-state index in [4.69, 9.17) is 14.7 Å². The summed E-state index contributed by atoms with van der Waals surface area (Å²) in [7, 11) is 1.74. The Morgan fingerprint density at radius 1 is 1.02 bits per heavy atom. The number of hydrogen-bond donors (Lipinski definition) is 2. The summed E-state index contributed by atoms with van der Waals surface area (Å²) in [5, 5.41) is 6.34. The minimum Gasteiger partial charge on any atom is -0.444 e. The number of rotatable bonds is 8. The van der Waals surface area contributed by atoms with Gasteiger partial charge in [0, 0.05) is 32.7 Å². The zero-order valence-corrected chi connectivity index (χ0v) is 24.3. The molecule has 216 valence electrons. The number of carbonyl (C=O) groups excluding carboxylic acids is 1. The number of hydrogen-bond acceptors (Lipinski definition) is 7. The molecule has 5 rings (SSSR count). The van der Waals surface area contributed by atoms with Gasteiger partial charge in [-0.1, -0.05) is 60.7 Å². The van der Waals surface area contributed by atoms with Crippen LogP contribution in [0.1, 0.15) is 44.7 Å². The maximum absolute atomic E-state index is 13.8. The Bertz CT molecular complexity index is 1540. The molecule has 10 heteroatoms. The number of carbonyl (C=O) groups is 1. The van der Waals surface area contributed by atoms with Gasteiger partial charge in [-0.15, -0.1) is 0 Å². The van der Waals surface area contributed by atoms with E-state index in [9.17, 15) is 9.59 Å². The fourth-order valence-corrected chi connectivity index (χ4v) is 5.18. The number of piperidine rings is 1. The van der Waals surface area contributed by atoms with Gasteiger partial charge in [-0.05, 0) is 51.2 Å². The Kier molecular flexibility index (Phi) is 8.28. The minimum atomic E-state index is -0.569. The van der Waals surface area contributed by atoms with Crippen molar-refractivity contribution in [3.63, 3.8) is 0 Å². The molecule has 2 aromatic carbocycles. The summed E-state index contributed by atoms with van der Waals surface area (Å²) in [5.74, 6) is 1.16. The highest BCUT2D eigenvalue weighted by molar-refractivity contribution is 5.76. The van der Waals surface area contributed by atoms with Crippen molar-refractivity contribution in [3.05, 3.63) is 82.1 Å². The number of anilines is 2. The molecule has 2 aromatic heterocycles. The topological polar surface area (TPSA) is 106 Å². The third-order valence-corrected chi connectivity index (χ3v) is 7.11. The number of nitrogens with one attached hydrogen (secondary N) is 2. The number of alkyl carbamates (subject to hydrolysis) is 1. The van der Waals surface area contributed by atoms with Crippen LogP contribution in [-0.2, 0) is 24.8 Å². The maximum atomic E-state index is 13.8. The van der Waals surface area contributed by atoms with Gasteiger partial charge in [0.25, 0.3) is 5.56 Å². The van der Waals surface area contributed by atoms with Crippen LogP contribution in [0.4, 0.5) is 16.7 Å². The van der Waals surface area contributed by atoms with Crippen LogP contribution in [0.2, 0.25) is 0 Å². The third-order valence-electron chi connectivity index (χ3n) is 7.11. The van der Waals surface area contributed by atoms with Crippen molar-refractivity contribution < 1.29 is 9.53 Å². The lowest BCUT2D eigenvalue weighted by atomic mass is 10.1. The molecule has 0 saturated carbocycles. The predicted molar refractivity (Wildman–Crippen MR) is 162 cm³/mol. The van der Waals surface area contributed by atoms with Crippen LogP contribution in [0.25, 0.3) is 11.2 Å². The molecule has 1 amide bonds. The molecule has 0 bridgehead atoms. The van der Waals surface area contributed by atoms with Crippen LogP contribution in [0.5, 0.6) is 0 Å². The summed E-state index contributed by atoms with van der Waals surface area (Å²) in [6.45, 7) is 7.98. The monoisotopic (exact) mass is 557 g/mol. The summed E-state index contributed by atoms with van der Waals surface area (Å²) in [4.78, 5) is 38.1. The van der Waals surface area contributed by atoms with Crippen LogP contribution in [0.15, 0.2) is 65.5 Å². The Morgan fingerprint density at radius 3 is 2.39 bits per heavy atom. The van der Waals surface area contributed by atoms with E-state index in [1.54, 1.807) is 11.6 Å². The first kappa shape index (κ1) is 28.2. The molecule has 1 aliphatic rings. The first-order valence-electron chi connectivity index (χ1n) is 14.2. The molecule has 0 aliphatic carbocycles. The molecule has 10 nitrogen and oxygen atoms in total. The van der Waals surface area contributed by atoms with E-state index < -0.39 is 11.7 Å². The van der Waals surface area contributed by atoms with Crippen molar-refractivity contribution in [1.82, 2.24) is 24.4 Å². The van der Waals surface area contributed by atoms with E-state index in [2.05, 4.69) is 27.7 Å². The minimum absolute atomic E-state index is 0.102. The smallest absolute Gasteiger partial charge is 0.407 e. The average Bonchev–Trinajstić information content (AvgIpc) is 3.29. The van der Waals surface area contributed by atoms with Crippen molar-refractivity contribution in [2.45, 2.75) is 58.2 Å². The van der Waals surface area contributed by atoms with Crippen LogP contribution in [0.3, 0.4) is 0 Å². The van der Waals surface area contributed by atoms with Crippen LogP contribution < -0.4 is 21.1 Å². The zero-order chi connectivity index (χ0) is 29.0. The van der Waals surface area contributed by atoms with Crippen LogP contribution in [-0.4, -0.2) is 56.5 Å². The van der Waals surface area contributed by atoms with E-state index in [1.165, 1.54) is 5.56 Å². The number of nitrogens with zero attached hydrogens (tertiary/aromatic N) is 5. The second-order valence-corrected chi connectivity index (χ2v) is 11.5. The Hall–Kier alpha value is -4.34. The highest BCUT2D eigenvalue weighted by Crippen LogP contribution is 2.25. The van der Waals surface area contributed by atoms with Crippen molar-refractivity contribution >= 4 is 29.2 Å². The highest BCUT2D eigenvalue weighted by atomic mass is 16.6. The molecule has 0 radical (unpaired) electrons. The normalized spacial score (nSPS) is 15.6. The van der Waals surface area contributed by atoms with Gasteiger partial charge in [-0.25, -0.2) is 4.79 Å². The van der Waals surface area contributed by atoms with Crippen molar-refractivity contribution in [3.8, 4) is 0 Å². The molecular weight excluding hydrogens is 518 g/mol. The quantitative estimate of drug-likeness (QED) is 0.332. The summed E-state index contributed by atoms with van der Waals surface area (Å²) in [6, 6.07) is 20.1. The Balaban J connectivity index is 1.45. The lowest BCUT2D eigenvalue weighted by Crippen LogP contribution is -2.49. The van der Waals surface area contributed by atoms with Gasteiger partial charge in [0.2, 0.25) is 11.9 Å². The zero-order valence-electron chi connectivity index (χ0n) is 24.3. The summed E-state index contributed by atoms with van der Waals surface area (Å²) in [6.07, 6.45) is 2.09. The second-order valence-electron chi connectivity index (χ2n) is 11.5. The molecule has 4 aromatic rings. The van der Waals surface area contributed by atoms with E-state index >= 15 is 0 Å². The third kappa shape index (κ3) is 6.87. The molecule has 1 unspecified atom stereocenters. The van der Waals surface area contributed by atoms with Crippen LogP contribution in [0, 0.1) is 0 Å². The molecule has 1 atom stereocenters. The van der Waals surface area contributed by atoms with Crippen molar-refractivity contribution in [1.29, 1.82) is 0 Å². The molecule has 3 heterocycles. The lowest BCUT2D eigenvalue weighted by Gasteiger charge is -2.34. The van der Waals surface area contributed by atoms with Gasteiger partial charge in [-0.3, -0.25) is 13.9 Å². The molecule has 41 heavy (non-hydrogen) atoms. The van der Waals surface area contributed by atoms with Gasteiger partial charge in [0.05, 0.1) is 6.54 Å². The van der Waals surface area contributed by atoms with E-state index in [0.29, 0.717) is 42.7 Å². The Labute approximate surface area is 240 Å². The van der Waals surface area contributed by atoms with Gasteiger partial charge in [-0.2, -0.15) is 9.97 Å². The molecule has 0 spiro atoms. The number of benzene rings is 2. The first-order valence-corrected chi connectivity index (χ1v) is 14.2. The maximum Gasteiger partial charge on any atom is 0.407 e. The number of imidazole rings is 1. The number of ether oxygens (including phenoxy) is 1. The molecule has 1 fully saturated rings. The van der Waals surface area contributed by atoms with Gasteiger partial charge in [0.15, 0.2) is 11.2 Å². The summed E-state index contributed by atoms with van der Waals surface area (Å²) < 4.78 is 9.00. The van der Waals surface area contributed by atoms with Gasteiger partial charge in [0.1, 0.15) is 5.60 Å². The number of fused-ring (bicyclic) bond motifs is 1. The number of aromatic nitrogens is 4. The SMILES string of the molecule is Cn1c(NCCc2ccccc2)nc2nc(N3CCCC(NC(=O)OC(C)(C)C)C3)n(Cc3ccccc3)c2c1=O. The van der Waals surface area contributed by atoms with Crippen molar-refractivity contribution in [2.24, 2.45) is 7.05 Å².